The molecule has 5 heteroatoms. The van der Waals surface area contributed by atoms with Crippen LogP contribution < -0.4 is 0 Å². The van der Waals surface area contributed by atoms with Gasteiger partial charge in [-0.1, -0.05) is 24.3 Å². The van der Waals surface area contributed by atoms with E-state index in [2.05, 4.69) is 10.0 Å². The summed E-state index contributed by atoms with van der Waals surface area (Å²) in [5, 5.41) is 3.04. The largest absolute Gasteiger partial charge is 0.350 e. The fraction of sp³-hybridized carbons (Fsp3) is 0.0833. The van der Waals surface area contributed by atoms with Crippen LogP contribution in [0.25, 0.3) is 10.4 Å². The molecule has 0 saturated carbocycles. The molecule has 0 radical (unpaired) electrons. The zero-order valence-electron chi connectivity index (χ0n) is 9.02. The van der Waals surface area contributed by atoms with Crippen LogP contribution in [0.1, 0.15) is 15.9 Å². The van der Waals surface area contributed by atoms with E-state index in [1.165, 1.54) is 0 Å². The van der Waals surface area contributed by atoms with Crippen molar-refractivity contribution in [3.63, 3.8) is 0 Å². The van der Waals surface area contributed by atoms with Gasteiger partial charge in [0.2, 0.25) is 5.91 Å². The summed E-state index contributed by atoms with van der Waals surface area (Å²) in [5.74, 6) is -0.556. The molecular formula is C12H10N4O. The van der Waals surface area contributed by atoms with E-state index < -0.39 is 5.91 Å². The second kappa shape index (κ2) is 5.01. The van der Waals surface area contributed by atoms with E-state index in [0.717, 1.165) is 12.1 Å². The lowest BCUT2D eigenvalue weighted by Crippen LogP contribution is -1.98. The van der Waals surface area contributed by atoms with E-state index in [0.29, 0.717) is 5.56 Å². The first-order valence-electron chi connectivity index (χ1n) is 5.09. The van der Waals surface area contributed by atoms with Crippen molar-refractivity contribution in [3.05, 3.63) is 70.4 Å². The molecule has 0 aliphatic heterocycles. The quantitative estimate of drug-likeness (QED) is 0.450. The molecule has 2 rings (SSSR count). The van der Waals surface area contributed by atoms with Crippen molar-refractivity contribution < 1.29 is 4.79 Å². The van der Waals surface area contributed by atoms with Crippen LogP contribution in [0.15, 0.2) is 53.9 Å². The van der Waals surface area contributed by atoms with E-state index in [9.17, 15) is 4.79 Å². The number of nitrogens with zero attached hydrogens (tertiary/aromatic N) is 4. The molecule has 17 heavy (non-hydrogen) atoms. The minimum Gasteiger partial charge on any atom is -0.350 e. The lowest BCUT2D eigenvalue weighted by molar-refractivity contribution is 0.100. The molecule has 0 aliphatic rings. The normalized spacial score (nSPS) is 9.65. The van der Waals surface area contributed by atoms with E-state index in [1.54, 1.807) is 12.1 Å². The summed E-state index contributed by atoms with van der Waals surface area (Å²) in [7, 11) is 0. The highest BCUT2D eigenvalue weighted by atomic mass is 16.1. The highest BCUT2D eigenvalue weighted by Crippen LogP contribution is 2.08. The van der Waals surface area contributed by atoms with Gasteiger partial charge in [-0.2, -0.15) is 0 Å². The van der Waals surface area contributed by atoms with Crippen molar-refractivity contribution in [2.45, 2.75) is 6.54 Å². The Morgan fingerprint density at radius 3 is 2.47 bits per heavy atom. The Kier molecular flexibility index (Phi) is 3.23. The molecule has 0 N–H and O–H groups in total. The minimum absolute atomic E-state index is 0.402. The second-order valence-corrected chi connectivity index (χ2v) is 3.55. The zero-order valence-corrected chi connectivity index (χ0v) is 9.02. The lowest BCUT2D eigenvalue weighted by Gasteiger charge is -2.03. The van der Waals surface area contributed by atoms with Gasteiger partial charge in [0.25, 0.3) is 0 Å². The van der Waals surface area contributed by atoms with Crippen LogP contribution in [0.3, 0.4) is 0 Å². The van der Waals surface area contributed by atoms with Gasteiger partial charge in [-0.15, -0.1) is 0 Å². The van der Waals surface area contributed by atoms with Crippen LogP contribution in [0, 0.1) is 0 Å². The van der Waals surface area contributed by atoms with E-state index in [1.807, 2.05) is 41.2 Å². The number of carbonyl (C=O) groups excluding carboxylic acids is 1. The standard InChI is InChI=1S/C12H10N4O/c13-15-14-12(17)11-5-3-10(4-6-11)9-16-7-1-2-8-16/h1-8H,9H2. The van der Waals surface area contributed by atoms with Gasteiger partial charge in [0.15, 0.2) is 0 Å². The topological polar surface area (TPSA) is 70.8 Å². The number of benzene rings is 1. The van der Waals surface area contributed by atoms with Crippen LogP contribution in [-0.2, 0) is 6.54 Å². The van der Waals surface area contributed by atoms with Crippen molar-refractivity contribution in [1.29, 1.82) is 0 Å². The number of carbonyl (C=O) groups is 1. The summed E-state index contributed by atoms with van der Waals surface area (Å²) >= 11 is 0. The van der Waals surface area contributed by atoms with Crippen LogP contribution in [-0.4, -0.2) is 10.5 Å². The molecule has 1 aromatic heterocycles. The summed E-state index contributed by atoms with van der Waals surface area (Å²) in [5.41, 5.74) is 9.64. The van der Waals surface area contributed by atoms with Gasteiger partial charge in [0.1, 0.15) is 0 Å². The predicted octanol–water partition coefficient (Wildman–Crippen LogP) is 2.99. The summed E-state index contributed by atoms with van der Waals surface area (Å²) in [6.45, 7) is 0.753. The number of aromatic nitrogens is 1. The molecule has 1 heterocycles. The fourth-order valence-corrected chi connectivity index (χ4v) is 1.54. The summed E-state index contributed by atoms with van der Waals surface area (Å²) in [6.07, 6.45) is 3.94. The number of rotatable bonds is 3. The third kappa shape index (κ3) is 2.74. The van der Waals surface area contributed by atoms with Crippen molar-refractivity contribution in [3.8, 4) is 0 Å². The van der Waals surface area contributed by atoms with Crippen molar-refractivity contribution >= 4 is 5.91 Å². The van der Waals surface area contributed by atoms with Crippen molar-refractivity contribution in [2.24, 2.45) is 5.11 Å². The average Bonchev–Trinajstić information content (AvgIpc) is 2.83. The Bertz CT molecular complexity index is 551. The maximum Gasteiger partial charge on any atom is 0.249 e. The molecule has 0 spiro atoms. The molecule has 0 aliphatic carbocycles. The average molecular weight is 226 g/mol. The Morgan fingerprint density at radius 1 is 1.24 bits per heavy atom. The van der Waals surface area contributed by atoms with Crippen molar-refractivity contribution in [1.82, 2.24) is 4.57 Å². The number of hydrogen-bond donors (Lipinski definition) is 0. The molecule has 0 unspecified atom stereocenters. The van der Waals surface area contributed by atoms with Gasteiger partial charge in [0, 0.05) is 29.4 Å². The Morgan fingerprint density at radius 2 is 1.88 bits per heavy atom. The molecular weight excluding hydrogens is 216 g/mol. The number of hydrogen-bond acceptors (Lipinski definition) is 1. The van der Waals surface area contributed by atoms with E-state index in [4.69, 9.17) is 5.53 Å². The Balaban J connectivity index is 2.13. The molecule has 0 bridgehead atoms. The molecule has 0 atom stereocenters. The van der Waals surface area contributed by atoms with Crippen LogP contribution in [0.2, 0.25) is 0 Å². The van der Waals surface area contributed by atoms with Gasteiger partial charge in [-0.25, -0.2) is 0 Å². The lowest BCUT2D eigenvalue weighted by atomic mass is 10.1. The first-order valence-corrected chi connectivity index (χ1v) is 5.09. The summed E-state index contributed by atoms with van der Waals surface area (Å²) < 4.78 is 2.03. The maximum absolute atomic E-state index is 11.2. The van der Waals surface area contributed by atoms with E-state index >= 15 is 0 Å². The molecule has 1 amide bonds. The number of amides is 1. The fourth-order valence-electron chi connectivity index (χ4n) is 1.54. The van der Waals surface area contributed by atoms with Crippen LogP contribution in [0.5, 0.6) is 0 Å². The third-order valence-corrected chi connectivity index (χ3v) is 2.37. The minimum atomic E-state index is -0.556. The Labute approximate surface area is 97.9 Å². The number of azide groups is 1. The highest BCUT2D eigenvalue weighted by Gasteiger charge is 2.02. The van der Waals surface area contributed by atoms with Gasteiger partial charge < -0.3 is 4.57 Å². The smallest absolute Gasteiger partial charge is 0.249 e. The molecule has 1 aromatic carbocycles. The van der Waals surface area contributed by atoms with E-state index in [-0.39, 0.29) is 0 Å². The van der Waals surface area contributed by atoms with Crippen molar-refractivity contribution in [2.75, 3.05) is 0 Å². The predicted molar refractivity (Wildman–Crippen MR) is 63.5 cm³/mol. The van der Waals surface area contributed by atoms with Gasteiger partial charge in [-0.05, 0) is 28.3 Å². The monoisotopic (exact) mass is 226 g/mol. The van der Waals surface area contributed by atoms with Gasteiger partial charge in [-0.3, -0.25) is 4.79 Å². The highest BCUT2D eigenvalue weighted by molar-refractivity contribution is 5.94. The molecule has 84 valence electrons. The summed E-state index contributed by atoms with van der Waals surface area (Å²) in [6, 6.07) is 10.9. The van der Waals surface area contributed by atoms with Gasteiger partial charge in [0.05, 0.1) is 0 Å². The molecule has 2 aromatic rings. The van der Waals surface area contributed by atoms with Crippen LogP contribution in [0.4, 0.5) is 0 Å². The Hall–Kier alpha value is -2.52. The van der Waals surface area contributed by atoms with Gasteiger partial charge >= 0.3 is 0 Å². The maximum atomic E-state index is 11.2. The molecule has 0 saturated heterocycles. The summed E-state index contributed by atoms with van der Waals surface area (Å²) in [4.78, 5) is 13.7. The first kappa shape index (κ1) is 11.0. The molecule has 0 fully saturated rings. The SMILES string of the molecule is [N-]=[N+]=NC(=O)c1ccc(Cn2cccc2)cc1. The second-order valence-electron chi connectivity index (χ2n) is 3.55. The third-order valence-electron chi connectivity index (χ3n) is 2.37. The first-order chi connectivity index (χ1) is 8.29. The molecule has 5 nitrogen and oxygen atoms in total. The zero-order chi connectivity index (χ0) is 12.1. The van der Waals surface area contributed by atoms with Crippen LogP contribution >= 0.6 is 0 Å².